The lowest BCUT2D eigenvalue weighted by molar-refractivity contribution is 0.529. The van der Waals surface area contributed by atoms with Crippen molar-refractivity contribution in [2.45, 2.75) is 39.5 Å². The van der Waals surface area contributed by atoms with Crippen LogP contribution in [-0.2, 0) is 13.5 Å². The van der Waals surface area contributed by atoms with Gasteiger partial charge in [0.15, 0.2) is 5.82 Å². The van der Waals surface area contributed by atoms with Crippen LogP contribution in [0.2, 0.25) is 0 Å². The molecule has 0 aromatic carbocycles. The molecule has 1 aromatic heterocycles. The highest BCUT2D eigenvalue weighted by molar-refractivity contribution is 4.78. The molecule has 0 N–H and O–H groups in total. The fourth-order valence-electron chi connectivity index (χ4n) is 1.30. The fourth-order valence-corrected chi connectivity index (χ4v) is 1.30. The quantitative estimate of drug-likeness (QED) is 0.649. The summed E-state index contributed by atoms with van der Waals surface area (Å²) in [7, 11) is 1.89. The topological polar surface area (TPSA) is 43.6 Å². The van der Waals surface area contributed by atoms with Gasteiger partial charge in [-0.1, -0.05) is 26.7 Å². The molecule has 0 aliphatic heterocycles. The molecule has 1 heterocycles. The Labute approximate surface area is 79.3 Å². The van der Waals surface area contributed by atoms with Gasteiger partial charge in [-0.05, 0) is 22.8 Å². The highest BCUT2D eigenvalue weighted by atomic mass is 15.5. The number of tetrazole rings is 1. The molecule has 0 amide bonds. The monoisotopic (exact) mass is 182 g/mol. The van der Waals surface area contributed by atoms with Crippen LogP contribution in [0.15, 0.2) is 0 Å². The predicted molar refractivity (Wildman–Crippen MR) is 51.2 cm³/mol. The standard InChI is InChI=1S/C9H18N4/c1-8(2)6-4-5-7-9-10-11-12-13(9)3/h8H,4-7H2,1-3H3. The molecule has 1 aromatic rings. The van der Waals surface area contributed by atoms with E-state index >= 15 is 0 Å². The Morgan fingerprint density at radius 1 is 1.31 bits per heavy atom. The van der Waals surface area contributed by atoms with E-state index in [9.17, 15) is 0 Å². The largest absolute Gasteiger partial charge is 0.233 e. The van der Waals surface area contributed by atoms with Crippen molar-refractivity contribution in [3.8, 4) is 0 Å². The van der Waals surface area contributed by atoms with E-state index < -0.39 is 0 Å². The van der Waals surface area contributed by atoms with Crippen molar-refractivity contribution in [3.63, 3.8) is 0 Å². The summed E-state index contributed by atoms with van der Waals surface area (Å²) in [6.07, 6.45) is 4.75. The van der Waals surface area contributed by atoms with Crippen molar-refractivity contribution >= 4 is 0 Å². The SMILES string of the molecule is CC(C)CCCCc1nnnn1C. The van der Waals surface area contributed by atoms with Gasteiger partial charge in [0.1, 0.15) is 0 Å². The van der Waals surface area contributed by atoms with Crippen LogP contribution < -0.4 is 0 Å². The second-order valence-corrected chi connectivity index (χ2v) is 3.86. The van der Waals surface area contributed by atoms with E-state index in [0.29, 0.717) is 0 Å². The zero-order valence-electron chi connectivity index (χ0n) is 8.69. The van der Waals surface area contributed by atoms with Crippen molar-refractivity contribution in [2.75, 3.05) is 0 Å². The van der Waals surface area contributed by atoms with Crippen LogP contribution in [0.1, 0.15) is 38.9 Å². The highest BCUT2D eigenvalue weighted by Crippen LogP contribution is 2.08. The van der Waals surface area contributed by atoms with Crippen molar-refractivity contribution in [2.24, 2.45) is 13.0 Å². The third kappa shape index (κ3) is 3.53. The van der Waals surface area contributed by atoms with Crippen LogP contribution in [0.5, 0.6) is 0 Å². The second-order valence-electron chi connectivity index (χ2n) is 3.86. The lowest BCUT2D eigenvalue weighted by Gasteiger charge is -2.02. The second kappa shape index (κ2) is 4.94. The zero-order chi connectivity index (χ0) is 9.68. The molecule has 0 unspecified atom stereocenters. The first-order valence-corrected chi connectivity index (χ1v) is 4.91. The predicted octanol–water partition coefficient (Wildman–Crippen LogP) is 1.58. The van der Waals surface area contributed by atoms with Crippen LogP contribution in [0, 0.1) is 5.92 Å². The first-order chi connectivity index (χ1) is 6.20. The summed E-state index contributed by atoms with van der Waals surface area (Å²) in [6.45, 7) is 4.51. The Morgan fingerprint density at radius 2 is 2.08 bits per heavy atom. The average Bonchev–Trinajstić information content (AvgIpc) is 2.45. The van der Waals surface area contributed by atoms with Crippen molar-refractivity contribution in [1.82, 2.24) is 20.2 Å². The normalized spacial score (nSPS) is 11.1. The maximum absolute atomic E-state index is 3.93. The number of rotatable bonds is 5. The number of aryl methyl sites for hydroxylation is 2. The third-order valence-corrected chi connectivity index (χ3v) is 2.14. The minimum atomic E-state index is 0.803. The van der Waals surface area contributed by atoms with Gasteiger partial charge in [0.05, 0.1) is 0 Å². The van der Waals surface area contributed by atoms with Crippen LogP contribution in [0.25, 0.3) is 0 Å². The molecule has 0 bridgehead atoms. The summed E-state index contributed by atoms with van der Waals surface area (Å²) in [5.74, 6) is 1.79. The van der Waals surface area contributed by atoms with E-state index in [1.54, 1.807) is 4.68 Å². The molecular formula is C9H18N4. The lowest BCUT2D eigenvalue weighted by Crippen LogP contribution is -2.00. The maximum Gasteiger partial charge on any atom is 0.150 e. The number of unbranched alkanes of at least 4 members (excludes halogenated alkanes) is 1. The summed E-state index contributed by atoms with van der Waals surface area (Å²) in [6, 6.07) is 0. The molecule has 0 atom stereocenters. The molecule has 13 heavy (non-hydrogen) atoms. The minimum Gasteiger partial charge on any atom is -0.233 e. The summed E-state index contributed by atoms with van der Waals surface area (Å²) in [4.78, 5) is 0. The average molecular weight is 182 g/mol. The summed E-state index contributed by atoms with van der Waals surface area (Å²) in [5, 5.41) is 11.3. The Kier molecular flexibility index (Phi) is 3.86. The van der Waals surface area contributed by atoms with E-state index in [1.807, 2.05) is 7.05 Å². The number of hydrogen-bond acceptors (Lipinski definition) is 3. The molecular weight excluding hydrogens is 164 g/mol. The van der Waals surface area contributed by atoms with Gasteiger partial charge in [-0.3, -0.25) is 0 Å². The molecule has 4 nitrogen and oxygen atoms in total. The van der Waals surface area contributed by atoms with Crippen LogP contribution >= 0.6 is 0 Å². The zero-order valence-corrected chi connectivity index (χ0v) is 8.69. The Morgan fingerprint density at radius 3 is 2.62 bits per heavy atom. The third-order valence-electron chi connectivity index (χ3n) is 2.14. The Hall–Kier alpha value is -0.930. The van der Waals surface area contributed by atoms with E-state index in [4.69, 9.17) is 0 Å². The van der Waals surface area contributed by atoms with Gasteiger partial charge >= 0.3 is 0 Å². The molecule has 0 saturated heterocycles. The van der Waals surface area contributed by atoms with Crippen LogP contribution in [0.3, 0.4) is 0 Å². The van der Waals surface area contributed by atoms with Crippen molar-refractivity contribution in [3.05, 3.63) is 5.82 Å². The minimum absolute atomic E-state index is 0.803. The Balaban J connectivity index is 2.17. The molecule has 0 radical (unpaired) electrons. The number of nitrogens with zero attached hydrogens (tertiary/aromatic N) is 4. The maximum atomic E-state index is 3.93. The van der Waals surface area contributed by atoms with E-state index in [2.05, 4.69) is 29.4 Å². The van der Waals surface area contributed by atoms with Gasteiger partial charge in [-0.25, -0.2) is 4.68 Å². The Bertz CT molecular complexity index is 242. The smallest absolute Gasteiger partial charge is 0.150 e. The molecule has 0 fully saturated rings. The lowest BCUT2D eigenvalue weighted by atomic mass is 10.1. The first kappa shape index (κ1) is 10.2. The molecule has 0 spiro atoms. The highest BCUT2D eigenvalue weighted by Gasteiger charge is 2.01. The molecule has 0 aliphatic rings. The number of aromatic nitrogens is 4. The van der Waals surface area contributed by atoms with Gasteiger partial charge < -0.3 is 0 Å². The van der Waals surface area contributed by atoms with Crippen LogP contribution in [-0.4, -0.2) is 20.2 Å². The van der Waals surface area contributed by atoms with Gasteiger partial charge in [-0.2, -0.15) is 0 Å². The van der Waals surface area contributed by atoms with Crippen molar-refractivity contribution < 1.29 is 0 Å². The summed E-state index contributed by atoms with van der Waals surface area (Å²) in [5.41, 5.74) is 0. The van der Waals surface area contributed by atoms with E-state index in [-0.39, 0.29) is 0 Å². The number of hydrogen-bond donors (Lipinski definition) is 0. The molecule has 4 heteroatoms. The van der Waals surface area contributed by atoms with Crippen molar-refractivity contribution in [1.29, 1.82) is 0 Å². The van der Waals surface area contributed by atoms with Gasteiger partial charge in [0.25, 0.3) is 0 Å². The van der Waals surface area contributed by atoms with Crippen LogP contribution in [0.4, 0.5) is 0 Å². The first-order valence-electron chi connectivity index (χ1n) is 4.91. The summed E-state index contributed by atoms with van der Waals surface area (Å²) < 4.78 is 1.75. The molecule has 0 aliphatic carbocycles. The van der Waals surface area contributed by atoms with E-state index in [1.165, 1.54) is 19.3 Å². The molecule has 1 rings (SSSR count). The molecule has 0 saturated carbocycles. The van der Waals surface area contributed by atoms with E-state index in [0.717, 1.165) is 18.2 Å². The molecule has 74 valence electrons. The fraction of sp³-hybridized carbons (Fsp3) is 0.889. The van der Waals surface area contributed by atoms with Gasteiger partial charge in [0.2, 0.25) is 0 Å². The van der Waals surface area contributed by atoms with Gasteiger partial charge in [0, 0.05) is 13.5 Å². The summed E-state index contributed by atoms with van der Waals surface area (Å²) >= 11 is 0. The van der Waals surface area contributed by atoms with Gasteiger partial charge in [-0.15, -0.1) is 5.10 Å².